The number of amides is 3. The van der Waals surface area contributed by atoms with E-state index in [1.54, 1.807) is 0 Å². The molecule has 8 nitrogen and oxygen atoms in total. The second-order valence-electron chi connectivity index (χ2n) is 7.80. The molecule has 0 bridgehead atoms. The predicted molar refractivity (Wildman–Crippen MR) is 104 cm³/mol. The summed E-state index contributed by atoms with van der Waals surface area (Å²) in [5, 5.41) is 24.2. The van der Waals surface area contributed by atoms with Gasteiger partial charge in [-0.25, -0.2) is 5.48 Å². The van der Waals surface area contributed by atoms with E-state index in [-0.39, 0.29) is 12.3 Å². The van der Waals surface area contributed by atoms with E-state index in [9.17, 15) is 19.5 Å². The Bertz CT molecular complexity index is 676. The maximum atomic E-state index is 12.9. The number of carbonyl (C=O) groups is 3. The van der Waals surface area contributed by atoms with E-state index in [1.165, 1.54) is 12.5 Å². The summed E-state index contributed by atoms with van der Waals surface area (Å²) in [6, 6.07) is 8.33. The van der Waals surface area contributed by atoms with Gasteiger partial charge >= 0.3 is 0 Å². The Hall–Kier alpha value is -2.45. The first-order valence-electron chi connectivity index (χ1n) is 9.25. The zero-order chi connectivity index (χ0) is 21.5. The second kappa shape index (κ2) is 10.2. The highest BCUT2D eigenvalue weighted by molar-refractivity contribution is 5.93. The van der Waals surface area contributed by atoms with Gasteiger partial charge in [0.25, 0.3) is 5.91 Å². The summed E-state index contributed by atoms with van der Waals surface area (Å²) in [6.07, 6.45) is -1.54. The first kappa shape index (κ1) is 23.6. The number of hydrogen-bond acceptors (Lipinski definition) is 5. The second-order valence-corrected chi connectivity index (χ2v) is 7.80. The standard InChI is InChI=1S/C20H31N3O5/c1-12(2)11-14(15(24)18(26)23-28)17(25)22-16(19(27)21-5)20(3,4)13-9-7-6-8-10-13/h6-10,12,14-16,24,28H,11H2,1-5H3,(H,21,27)(H,22,25)(H,23,26)/t14-,15+,16?/m1/s1. The lowest BCUT2D eigenvalue weighted by Gasteiger charge is -2.35. The largest absolute Gasteiger partial charge is 0.382 e. The number of aliphatic hydroxyl groups is 1. The van der Waals surface area contributed by atoms with E-state index >= 15 is 0 Å². The predicted octanol–water partition coefficient (Wildman–Crippen LogP) is 0.724. The molecule has 0 saturated heterocycles. The molecule has 0 aliphatic rings. The summed E-state index contributed by atoms with van der Waals surface area (Å²) in [6.45, 7) is 7.34. The first-order chi connectivity index (χ1) is 13.1. The topological polar surface area (TPSA) is 128 Å². The summed E-state index contributed by atoms with van der Waals surface area (Å²) in [7, 11) is 1.47. The van der Waals surface area contributed by atoms with Crippen LogP contribution in [-0.4, -0.2) is 47.2 Å². The molecule has 156 valence electrons. The minimum absolute atomic E-state index is 0.00234. The van der Waals surface area contributed by atoms with Crippen LogP contribution in [0, 0.1) is 11.8 Å². The number of benzene rings is 1. The summed E-state index contributed by atoms with van der Waals surface area (Å²) in [4.78, 5) is 37.2. The van der Waals surface area contributed by atoms with Crippen LogP contribution in [0.5, 0.6) is 0 Å². The third-order valence-electron chi connectivity index (χ3n) is 4.86. The Labute approximate surface area is 165 Å². The lowest BCUT2D eigenvalue weighted by molar-refractivity contribution is -0.147. The molecule has 1 unspecified atom stereocenters. The third-order valence-corrected chi connectivity index (χ3v) is 4.86. The molecular formula is C20H31N3O5. The fraction of sp³-hybridized carbons (Fsp3) is 0.550. The molecule has 28 heavy (non-hydrogen) atoms. The number of hydrogen-bond donors (Lipinski definition) is 5. The van der Waals surface area contributed by atoms with Crippen LogP contribution in [-0.2, 0) is 19.8 Å². The summed E-state index contributed by atoms with van der Waals surface area (Å²) in [5.41, 5.74) is 1.45. The zero-order valence-corrected chi connectivity index (χ0v) is 17.0. The Kier molecular flexibility index (Phi) is 8.59. The molecule has 1 aromatic rings. The van der Waals surface area contributed by atoms with E-state index in [0.717, 1.165) is 5.56 Å². The minimum Gasteiger partial charge on any atom is -0.382 e. The van der Waals surface area contributed by atoms with Crippen LogP contribution in [0.25, 0.3) is 0 Å². The van der Waals surface area contributed by atoms with E-state index < -0.39 is 41.2 Å². The van der Waals surface area contributed by atoms with E-state index in [0.29, 0.717) is 0 Å². The summed E-state index contributed by atoms with van der Waals surface area (Å²) < 4.78 is 0. The van der Waals surface area contributed by atoms with Crippen molar-refractivity contribution < 1.29 is 24.7 Å². The van der Waals surface area contributed by atoms with Crippen molar-refractivity contribution in [3.8, 4) is 0 Å². The van der Waals surface area contributed by atoms with Gasteiger partial charge in [-0.3, -0.25) is 19.6 Å². The molecule has 1 aromatic carbocycles. The van der Waals surface area contributed by atoms with Gasteiger partial charge in [0.2, 0.25) is 11.8 Å². The number of rotatable bonds is 9. The monoisotopic (exact) mass is 393 g/mol. The van der Waals surface area contributed by atoms with Gasteiger partial charge in [0.05, 0.1) is 5.92 Å². The van der Waals surface area contributed by atoms with Crippen LogP contribution in [0.3, 0.4) is 0 Å². The average Bonchev–Trinajstić information content (AvgIpc) is 2.68. The first-order valence-corrected chi connectivity index (χ1v) is 9.25. The fourth-order valence-corrected chi connectivity index (χ4v) is 3.14. The lowest BCUT2D eigenvalue weighted by atomic mass is 9.76. The molecule has 0 aliphatic heterocycles. The highest BCUT2D eigenvalue weighted by Gasteiger charge is 2.40. The zero-order valence-electron chi connectivity index (χ0n) is 17.0. The Morgan fingerprint density at radius 3 is 2.07 bits per heavy atom. The third kappa shape index (κ3) is 5.77. The summed E-state index contributed by atoms with van der Waals surface area (Å²) in [5.74, 6) is -3.23. The van der Waals surface area contributed by atoms with Crippen molar-refractivity contribution in [1.29, 1.82) is 0 Å². The van der Waals surface area contributed by atoms with Gasteiger partial charge in [0, 0.05) is 12.5 Å². The molecule has 8 heteroatoms. The average molecular weight is 393 g/mol. The molecule has 0 fully saturated rings. The van der Waals surface area contributed by atoms with Gasteiger partial charge in [-0.15, -0.1) is 0 Å². The van der Waals surface area contributed by atoms with Crippen LogP contribution in [0.1, 0.15) is 39.7 Å². The normalized spacial score (nSPS) is 14.7. The quantitative estimate of drug-likeness (QED) is 0.312. The Morgan fingerprint density at radius 2 is 1.61 bits per heavy atom. The number of nitrogens with one attached hydrogen (secondary N) is 3. The van der Waals surface area contributed by atoms with Gasteiger partial charge in [-0.1, -0.05) is 58.0 Å². The van der Waals surface area contributed by atoms with Gasteiger partial charge < -0.3 is 15.7 Å². The van der Waals surface area contributed by atoms with Gasteiger partial charge in [-0.05, 0) is 17.9 Å². The van der Waals surface area contributed by atoms with Crippen LogP contribution < -0.4 is 16.1 Å². The van der Waals surface area contributed by atoms with Gasteiger partial charge in [-0.2, -0.15) is 0 Å². The van der Waals surface area contributed by atoms with Crippen molar-refractivity contribution in [2.45, 2.75) is 51.7 Å². The van der Waals surface area contributed by atoms with Crippen LogP contribution >= 0.6 is 0 Å². The molecule has 0 radical (unpaired) electrons. The molecule has 3 amide bonds. The number of hydroxylamine groups is 1. The molecule has 0 aliphatic carbocycles. The van der Waals surface area contributed by atoms with Crippen molar-refractivity contribution in [3.63, 3.8) is 0 Å². The Balaban J connectivity index is 3.20. The number of aliphatic hydroxyl groups excluding tert-OH is 1. The Morgan fingerprint density at radius 1 is 1.04 bits per heavy atom. The van der Waals surface area contributed by atoms with Gasteiger partial charge in [0.1, 0.15) is 12.1 Å². The van der Waals surface area contributed by atoms with E-state index in [1.807, 2.05) is 58.0 Å². The van der Waals surface area contributed by atoms with E-state index in [2.05, 4.69) is 10.6 Å². The minimum atomic E-state index is -1.74. The highest BCUT2D eigenvalue weighted by atomic mass is 16.5. The maximum Gasteiger partial charge on any atom is 0.272 e. The van der Waals surface area contributed by atoms with E-state index in [4.69, 9.17) is 5.21 Å². The molecule has 1 rings (SSSR count). The smallest absolute Gasteiger partial charge is 0.272 e. The lowest BCUT2D eigenvalue weighted by Crippen LogP contribution is -2.58. The molecule has 0 saturated carbocycles. The van der Waals surface area contributed by atoms with Crippen molar-refractivity contribution in [1.82, 2.24) is 16.1 Å². The van der Waals surface area contributed by atoms with Crippen molar-refractivity contribution >= 4 is 17.7 Å². The molecule has 3 atom stereocenters. The fourth-order valence-electron chi connectivity index (χ4n) is 3.14. The number of carbonyl (C=O) groups excluding carboxylic acids is 3. The van der Waals surface area contributed by atoms with Crippen LogP contribution in [0.15, 0.2) is 30.3 Å². The van der Waals surface area contributed by atoms with Gasteiger partial charge in [0.15, 0.2) is 0 Å². The van der Waals surface area contributed by atoms with Crippen molar-refractivity contribution in [3.05, 3.63) is 35.9 Å². The molecular weight excluding hydrogens is 362 g/mol. The van der Waals surface area contributed by atoms with Crippen LogP contribution in [0.2, 0.25) is 0 Å². The molecule has 0 heterocycles. The number of likely N-dealkylation sites (N-methyl/N-ethyl adjacent to an activating group) is 1. The van der Waals surface area contributed by atoms with Crippen molar-refractivity contribution in [2.75, 3.05) is 7.05 Å². The summed E-state index contributed by atoms with van der Waals surface area (Å²) >= 11 is 0. The maximum absolute atomic E-state index is 12.9. The molecule has 5 N–H and O–H groups in total. The molecule has 0 spiro atoms. The molecule has 0 aromatic heterocycles. The highest BCUT2D eigenvalue weighted by Crippen LogP contribution is 2.28. The van der Waals surface area contributed by atoms with Crippen molar-refractivity contribution in [2.24, 2.45) is 11.8 Å². The SMILES string of the molecule is CNC(=O)C(NC(=O)[C@H](CC(C)C)[C@H](O)C(=O)NO)C(C)(C)c1ccccc1. The van der Waals surface area contributed by atoms with Crippen LogP contribution in [0.4, 0.5) is 0 Å².